The third-order valence-electron chi connectivity index (χ3n) is 7.38. The van der Waals surface area contributed by atoms with Gasteiger partial charge in [0.05, 0.1) is 18.5 Å². The van der Waals surface area contributed by atoms with Crippen LogP contribution >= 0.6 is 0 Å². The van der Waals surface area contributed by atoms with E-state index in [9.17, 15) is 0 Å². The van der Waals surface area contributed by atoms with E-state index in [2.05, 4.69) is 89.2 Å². The van der Waals surface area contributed by atoms with Crippen LogP contribution < -0.4 is 14.4 Å². The number of rotatable bonds is 8. The molecule has 0 N–H and O–H groups in total. The highest BCUT2D eigenvalue weighted by Crippen LogP contribution is 2.46. The van der Waals surface area contributed by atoms with Gasteiger partial charge < -0.3 is 19.3 Å². The van der Waals surface area contributed by atoms with Crippen molar-refractivity contribution in [3.63, 3.8) is 0 Å². The molecule has 0 spiro atoms. The van der Waals surface area contributed by atoms with Crippen LogP contribution in [0.25, 0.3) is 0 Å². The second-order valence-electron chi connectivity index (χ2n) is 9.84. The summed E-state index contributed by atoms with van der Waals surface area (Å²) in [7, 11) is 1.72. The Kier molecular flexibility index (Phi) is 7.26. The van der Waals surface area contributed by atoms with Crippen LogP contribution in [0.4, 0.5) is 11.4 Å². The first kappa shape index (κ1) is 23.7. The van der Waals surface area contributed by atoms with Crippen molar-refractivity contribution in [2.45, 2.75) is 38.8 Å². The second kappa shape index (κ2) is 10.7. The van der Waals surface area contributed by atoms with Crippen LogP contribution in [0.3, 0.4) is 0 Å². The zero-order valence-corrected chi connectivity index (χ0v) is 21.2. The Bertz CT molecular complexity index is 1060. The molecule has 0 aromatic heterocycles. The highest BCUT2D eigenvalue weighted by molar-refractivity contribution is 5.77. The lowest BCUT2D eigenvalue weighted by atomic mass is 10.1. The summed E-state index contributed by atoms with van der Waals surface area (Å²) in [6, 6.07) is 26.3. The summed E-state index contributed by atoms with van der Waals surface area (Å²) >= 11 is 0. The zero-order valence-electron chi connectivity index (χ0n) is 21.2. The summed E-state index contributed by atoms with van der Waals surface area (Å²) in [6.45, 7) is 10.2. The van der Waals surface area contributed by atoms with Gasteiger partial charge in [-0.05, 0) is 75.2 Å². The van der Waals surface area contributed by atoms with Crippen LogP contribution in [-0.4, -0.2) is 61.7 Å². The van der Waals surface area contributed by atoms with Crippen LogP contribution in [0, 0.1) is 0 Å². The molecular weight excluding hydrogens is 434 g/mol. The molecule has 5 rings (SSSR count). The zero-order chi connectivity index (χ0) is 24.2. The molecule has 2 heterocycles. The fourth-order valence-corrected chi connectivity index (χ4v) is 5.61. The van der Waals surface area contributed by atoms with Crippen molar-refractivity contribution in [2.24, 2.45) is 0 Å². The average molecular weight is 472 g/mol. The molecule has 2 atom stereocenters. The summed E-state index contributed by atoms with van der Waals surface area (Å²) < 4.78 is 11.4. The van der Waals surface area contributed by atoms with Crippen molar-refractivity contribution in [2.75, 3.05) is 44.7 Å². The van der Waals surface area contributed by atoms with E-state index in [1.807, 2.05) is 12.1 Å². The Hall–Kier alpha value is -3.02. The summed E-state index contributed by atoms with van der Waals surface area (Å²) in [6.07, 6.45) is 2.20. The first-order chi connectivity index (χ1) is 17.1. The van der Waals surface area contributed by atoms with E-state index in [0.717, 1.165) is 74.2 Å². The molecule has 3 aromatic rings. The topological polar surface area (TPSA) is 28.2 Å². The Morgan fingerprint density at radius 1 is 0.771 bits per heavy atom. The molecule has 1 fully saturated rings. The number of hydrogen-bond donors (Lipinski definition) is 0. The Labute approximate surface area is 209 Å². The highest BCUT2D eigenvalue weighted by Gasteiger charge is 2.29. The lowest BCUT2D eigenvalue weighted by molar-refractivity contribution is 0.0397. The maximum Gasteiger partial charge on any atom is 0.151 e. The van der Waals surface area contributed by atoms with E-state index >= 15 is 0 Å². The quantitative estimate of drug-likeness (QED) is 0.404. The molecule has 2 aliphatic heterocycles. The van der Waals surface area contributed by atoms with Gasteiger partial charge in [-0.25, -0.2) is 0 Å². The fourth-order valence-electron chi connectivity index (χ4n) is 5.61. The molecule has 3 aromatic carbocycles. The highest BCUT2D eigenvalue weighted by atomic mass is 16.5. The van der Waals surface area contributed by atoms with Crippen molar-refractivity contribution >= 4 is 11.4 Å². The van der Waals surface area contributed by atoms with Crippen molar-refractivity contribution < 1.29 is 9.47 Å². The average Bonchev–Trinajstić information content (AvgIpc) is 2.88. The van der Waals surface area contributed by atoms with Gasteiger partial charge in [0.1, 0.15) is 5.75 Å². The van der Waals surface area contributed by atoms with Gasteiger partial charge in [0.15, 0.2) is 11.5 Å². The molecule has 0 saturated carbocycles. The molecular formula is C30H37N3O2. The van der Waals surface area contributed by atoms with E-state index in [4.69, 9.17) is 9.47 Å². The summed E-state index contributed by atoms with van der Waals surface area (Å²) in [5.41, 5.74) is 3.70. The number of anilines is 2. The van der Waals surface area contributed by atoms with Crippen LogP contribution in [0.2, 0.25) is 0 Å². The molecule has 0 bridgehead atoms. The second-order valence-corrected chi connectivity index (χ2v) is 9.84. The number of ether oxygens (including phenoxy) is 2. The van der Waals surface area contributed by atoms with Crippen LogP contribution in [-0.2, 0) is 6.42 Å². The van der Waals surface area contributed by atoms with Crippen LogP contribution in [0.1, 0.15) is 25.8 Å². The first-order valence-corrected chi connectivity index (χ1v) is 12.9. The molecule has 35 heavy (non-hydrogen) atoms. The maximum absolute atomic E-state index is 6.15. The SMILES string of the molecule is COc1ccc(CCN2C(C)CN(CCCN3c4ccccc4Oc4ccccc43)CC2C)cc1. The molecule has 0 aliphatic carbocycles. The Morgan fingerprint density at radius 3 is 1.97 bits per heavy atom. The van der Waals surface area contributed by atoms with Gasteiger partial charge in [0.2, 0.25) is 0 Å². The van der Waals surface area contributed by atoms with Gasteiger partial charge in [-0.2, -0.15) is 0 Å². The number of piperazine rings is 1. The number of nitrogens with zero attached hydrogens (tertiary/aromatic N) is 3. The van der Waals surface area contributed by atoms with E-state index < -0.39 is 0 Å². The predicted molar refractivity (Wildman–Crippen MR) is 143 cm³/mol. The molecule has 2 unspecified atom stereocenters. The Balaban J connectivity index is 1.15. The van der Waals surface area contributed by atoms with E-state index in [-0.39, 0.29) is 0 Å². The monoisotopic (exact) mass is 471 g/mol. The van der Waals surface area contributed by atoms with E-state index in [1.165, 1.54) is 5.56 Å². The minimum atomic E-state index is 0.557. The molecule has 2 aliphatic rings. The molecule has 1 saturated heterocycles. The Morgan fingerprint density at radius 2 is 1.37 bits per heavy atom. The first-order valence-electron chi connectivity index (χ1n) is 12.9. The van der Waals surface area contributed by atoms with Crippen molar-refractivity contribution in [1.29, 1.82) is 0 Å². The van der Waals surface area contributed by atoms with Crippen molar-refractivity contribution in [3.8, 4) is 17.2 Å². The minimum Gasteiger partial charge on any atom is -0.497 e. The summed E-state index contributed by atoms with van der Waals surface area (Å²) in [4.78, 5) is 7.75. The minimum absolute atomic E-state index is 0.557. The predicted octanol–water partition coefficient (Wildman–Crippen LogP) is 5.97. The number of fused-ring (bicyclic) bond motifs is 2. The normalized spacial score (nSPS) is 20.1. The van der Waals surface area contributed by atoms with Crippen molar-refractivity contribution in [3.05, 3.63) is 78.4 Å². The van der Waals surface area contributed by atoms with Gasteiger partial charge in [0.25, 0.3) is 0 Å². The standard InChI is InChI=1S/C30H37N3O2/c1-23-21-31(22-24(2)32(23)20-17-25-13-15-26(34-3)16-14-25)18-8-19-33-27-9-4-6-11-29(27)35-30-12-7-5-10-28(30)33/h4-7,9-16,23-24H,8,17-22H2,1-3H3. The largest absolute Gasteiger partial charge is 0.497 e. The fraction of sp³-hybridized carbons (Fsp3) is 0.400. The number of hydrogen-bond acceptors (Lipinski definition) is 5. The van der Waals surface area contributed by atoms with E-state index in [1.54, 1.807) is 7.11 Å². The molecule has 5 heteroatoms. The lowest BCUT2D eigenvalue weighted by Gasteiger charge is -2.45. The third kappa shape index (κ3) is 5.31. The molecule has 5 nitrogen and oxygen atoms in total. The van der Waals surface area contributed by atoms with Crippen LogP contribution in [0.15, 0.2) is 72.8 Å². The molecule has 0 radical (unpaired) electrons. The summed E-state index contributed by atoms with van der Waals surface area (Å²) in [5.74, 6) is 2.81. The van der Waals surface area contributed by atoms with E-state index in [0.29, 0.717) is 12.1 Å². The smallest absolute Gasteiger partial charge is 0.151 e. The van der Waals surface area contributed by atoms with Gasteiger partial charge in [-0.3, -0.25) is 4.90 Å². The van der Waals surface area contributed by atoms with Crippen molar-refractivity contribution in [1.82, 2.24) is 9.80 Å². The van der Waals surface area contributed by atoms with Gasteiger partial charge in [-0.15, -0.1) is 0 Å². The van der Waals surface area contributed by atoms with Crippen LogP contribution in [0.5, 0.6) is 17.2 Å². The number of para-hydroxylation sites is 4. The summed E-state index contributed by atoms with van der Waals surface area (Å²) in [5, 5.41) is 0. The van der Waals surface area contributed by atoms with Gasteiger partial charge >= 0.3 is 0 Å². The molecule has 184 valence electrons. The van der Waals surface area contributed by atoms with Gasteiger partial charge in [-0.1, -0.05) is 36.4 Å². The lowest BCUT2D eigenvalue weighted by Crippen LogP contribution is -2.57. The van der Waals surface area contributed by atoms with Gasteiger partial charge in [0, 0.05) is 38.3 Å². The molecule has 0 amide bonds. The maximum atomic E-state index is 6.15. The number of methoxy groups -OCH3 is 1. The third-order valence-corrected chi connectivity index (χ3v) is 7.38. The number of benzene rings is 3.